The second kappa shape index (κ2) is 8.47. The third kappa shape index (κ3) is 4.03. The average molecular weight is 438 g/mol. The van der Waals surface area contributed by atoms with Crippen molar-refractivity contribution in [3.63, 3.8) is 0 Å². The molecule has 1 aliphatic heterocycles. The molecule has 0 unspecified atom stereocenters. The SMILES string of the molecule is C[C@@H]1C=CC[C@@H]2C(=O)N(c3ccc(C(=O)OCC(=O)c4ccc(Cl)cc4)cc3)C(=O)[C@H]12. The van der Waals surface area contributed by atoms with Gasteiger partial charge in [0.1, 0.15) is 0 Å². The molecule has 3 atom stereocenters. The summed E-state index contributed by atoms with van der Waals surface area (Å²) in [5, 5.41) is 0.508. The van der Waals surface area contributed by atoms with Crippen molar-refractivity contribution in [2.24, 2.45) is 17.8 Å². The number of amides is 2. The molecule has 1 heterocycles. The van der Waals surface area contributed by atoms with E-state index in [4.69, 9.17) is 16.3 Å². The topological polar surface area (TPSA) is 80.8 Å². The maximum atomic E-state index is 12.8. The molecule has 0 bridgehead atoms. The standard InChI is InChI=1S/C24H20ClNO5/c1-14-3-2-4-19-21(14)23(29)26(22(19)28)18-11-7-16(8-12-18)24(30)31-13-20(27)15-5-9-17(25)10-6-15/h2-3,5-12,14,19,21H,4,13H2,1H3/t14-,19+,21-/m1/s1. The maximum Gasteiger partial charge on any atom is 0.338 e. The summed E-state index contributed by atoms with van der Waals surface area (Å²) < 4.78 is 5.10. The van der Waals surface area contributed by atoms with Crippen molar-refractivity contribution < 1.29 is 23.9 Å². The van der Waals surface area contributed by atoms with Gasteiger partial charge in [-0.2, -0.15) is 0 Å². The molecule has 1 fully saturated rings. The molecular weight excluding hydrogens is 418 g/mol. The van der Waals surface area contributed by atoms with E-state index in [1.165, 1.54) is 17.0 Å². The molecular formula is C24H20ClNO5. The summed E-state index contributed by atoms with van der Waals surface area (Å²) in [7, 11) is 0. The zero-order valence-corrected chi connectivity index (χ0v) is 17.5. The van der Waals surface area contributed by atoms with Gasteiger partial charge in [0, 0.05) is 10.6 Å². The molecule has 2 aliphatic rings. The lowest BCUT2D eigenvalue weighted by molar-refractivity contribution is -0.122. The lowest BCUT2D eigenvalue weighted by Gasteiger charge is -2.22. The number of carbonyl (C=O) groups excluding carboxylic acids is 4. The molecule has 4 rings (SSSR count). The Balaban J connectivity index is 1.41. The van der Waals surface area contributed by atoms with E-state index in [0.717, 1.165) is 0 Å². The number of hydrogen-bond acceptors (Lipinski definition) is 5. The first kappa shape index (κ1) is 21.0. The van der Waals surface area contributed by atoms with E-state index in [9.17, 15) is 19.2 Å². The average Bonchev–Trinajstić information content (AvgIpc) is 3.03. The van der Waals surface area contributed by atoms with E-state index in [-0.39, 0.29) is 40.9 Å². The Labute approximate surface area is 184 Å². The Morgan fingerprint density at radius 1 is 1.00 bits per heavy atom. The molecule has 0 aromatic heterocycles. The zero-order valence-electron chi connectivity index (χ0n) is 16.8. The highest BCUT2D eigenvalue weighted by molar-refractivity contribution is 6.30. The summed E-state index contributed by atoms with van der Waals surface area (Å²) in [5.74, 6) is -2.12. The van der Waals surface area contributed by atoms with Gasteiger partial charge in [-0.3, -0.25) is 19.3 Å². The van der Waals surface area contributed by atoms with E-state index in [1.807, 2.05) is 19.1 Å². The first-order valence-corrected chi connectivity index (χ1v) is 10.3. The molecule has 1 aliphatic carbocycles. The highest BCUT2D eigenvalue weighted by Gasteiger charge is 2.50. The minimum Gasteiger partial charge on any atom is -0.454 e. The fraction of sp³-hybridized carbons (Fsp3) is 0.250. The second-order valence-corrected chi connectivity index (χ2v) is 8.16. The molecule has 1 saturated heterocycles. The van der Waals surface area contributed by atoms with Gasteiger partial charge in [0.15, 0.2) is 12.4 Å². The van der Waals surface area contributed by atoms with Gasteiger partial charge >= 0.3 is 5.97 Å². The first-order valence-electron chi connectivity index (χ1n) is 9.97. The van der Waals surface area contributed by atoms with E-state index in [2.05, 4.69) is 0 Å². The number of ketones is 1. The number of halogens is 1. The number of imide groups is 1. The number of fused-ring (bicyclic) bond motifs is 1. The van der Waals surface area contributed by atoms with Crippen molar-refractivity contribution >= 4 is 40.9 Å². The summed E-state index contributed by atoms with van der Waals surface area (Å²) in [6, 6.07) is 12.3. The number of anilines is 1. The summed E-state index contributed by atoms with van der Waals surface area (Å²) in [6.45, 7) is 1.53. The molecule has 158 valence electrons. The van der Waals surface area contributed by atoms with Gasteiger partial charge in [0.25, 0.3) is 0 Å². The second-order valence-electron chi connectivity index (χ2n) is 7.72. The molecule has 2 aromatic rings. The number of carbonyl (C=O) groups is 4. The highest BCUT2D eigenvalue weighted by atomic mass is 35.5. The fourth-order valence-corrected chi connectivity index (χ4v) is 4.21. The highest BCUT2D eigenvalue weighted by Crippen LogP contribution is 2.40. The molecule has 31 heavy (non-hydrogen) atoms. The van der Waals surface area contributed by atoms with Crippen LogP contribution in [0.1, 0.15) is 34.1 Å². The molecule has 2 amide bonds. The molecule has 7 heteroatoms. The smallest absolute Gasteiger partial charge is 0.338 e. The minimum absolute atomic E-state index is 0.00706. The lowest BCUT2D eigenvalue weighted by atomic mass is 9.78. The quantitative estimate of drug-likeness (QED) is 0.305. The van der Waals surface area contributed by atoms with E-state index >= 15 is 0 Å². The summed E-state index contributed by atoms with van der Waals surface area (Å²) in [6.07, 6.45) is 4.48. The van der Waals surface area contributed by atoms with Crippen LogP contribution >= 0.6 is 11.6 Å². The van der Waals surface area contributed by atoms with Gasteiger partial charge in [-0.15, -0.1) is 0 Å². The lowest BCUT2D eigenvalue weighted by Crippen LogP contribution is -2.31. The normalized spacial score (nSPS) is 22.4. The minimum atomic E-state index is -0.667. The third-order valence-electron chi connectivity index (χ3n) is 5.73. The number of esters is 1. The molecule has 6 nitrogen and oxygen atoms in total. The van der Waals surface area contributed by atoms with Crippen LogP contribution in [0.2, 0.25) is 5.02 Å². The van der Waals surface area contributed by atoms with Crippen molar-refractivity contribution in [1.82, 2.24) is 0 Å². The van der Waals surface area contributed by atoms with Crippen LogP contribution in [0.3, 0.4) is 0 Å². The van der Waals surface area contributed by atoms with Gasteiger partial charge in [-0.25, -0.2) is 4.79 Å². The Hall–Kier alpha value is -3.25. The molecule has 0 saturated carbocycles. The van der Waals surface area contributed by atoms with Crippen LogP contribution in [-0.4, -0.2) is 30.2 Å². The zero-order chi connectivity index (χ0) is 22.1. The molecule has 0 radical (unpaired) electrons. The fourth-order valence-electron chi connectivity index (χ4n) is 4.08. The van der Waals surface area contributed by atoms with Gasteiger partial charge in [-0.05, 0) is 60.9 Å². The molecule has 0 N–H and O–H groups in total. The largest absolute Gasteiger partial charge is 0.454 e. The number of allylic oxidation sites excluding steroid dienone is 2. The van der Waals surface area contributed by atoms with Crippen molar-refractivity contribution in [2.45, 2.75) is 13.3 Å². The van der Waals surface area contributed by atoms with Crippen LogP contribution in [0.15, 0.2) is 60.7 Å². The van der Waals surface area contributed by atoms with Crippen LogP contribution in [0, 0.1) is 17.8 Å². The van der Waals surface area contributed by atoms with Gasteiger partial charge in [0.05, 0.1) is 23.1 Å². The first-order chi connectivity index (χ1) is 14.9. The molecule has 2 aromatic carbocycles. The van der Waals surface area contributed by atoms with Gasteiger partial charge in [0.2, 0.25) is 11.8 Å². The number of ether oxygens (including phenoxy) is 1. The van der Waals surface area contributed by atoms with Crippen molar-refractivity contribution in [1.29, 1.82) is 0 Å². The monoisotopic (exact) mass is 437 g/mol. The van der Waals surface area contributed by atoms with Crippen molar-refractivity contribution in [3.8, 4) is 0 Å². The Morgan fingerprint density at radius 3 is 2.29 bits per heavy atom. The number of nitrogens with zero attached hydrogens (tertiary/aromatic N) is 1. The number of rotatable bonds is 5. The Kier molecular flexibility index (Phi) is 5.74. The third-order valence-corrected chi connectivity index (χ3v) is 5.99. The maximum absolute atomic E-state index is 12.8. The van der Waals surface area contributed by atoms with Crippen LogP contribution in [0.4, 0.5) is 5.69 Å². The number of benzene rings is 2. The van der Waals surface area contributed by atoms with E-state index < -0.39 is 12.6 Å². The Bertz CT molecular complexity index is 1070. The van der Waals surface area contributed by atoms with E-state index in [0.29, 0.717) is 22.7 Å². The summed E-state index contributed by atoms with van der Waals surface area (Å²) in [4.78, 5) is 51.3. The predicted octanol–water partition coefficient (Wildman–Crippen LogP) is 4.08. The number of hydrogen-bond donors (Lipinski definition) is 0. The predicted molar refractivity (Wildman–Crippen MR) is 115 cm³/mol. The van der Waals surface area contributed by atoms with Crippen molar-refractivity contribution in [2.75, 3.05) is 11.5 Å². The Morgan fingerprint density at radius 2 is 1.65 bits per heavy atom. The molecule has 0 spiro atoms. The van der Waals surface area contributed by atoms with Gasteiger partial charge < -0.3 is 4.74 Å². The summed E-state index contributed by atoms with van der Waals surface area (Å²) >= 11 is 5.80. The van der Waals surface area contributed by atoms with Crippen LogP contribution in [-0.2, 0) is 14.3 Å². The summed E-state index contributed by atoms with van der Waals surface area (Å²) in [5.41, 5.74) is 1.04. The van der Waals surface area contributed by atoms with Crippen LogP contribution in [0.25, 0.3) is 0 Å². The van der Waals surface area contributed by atoms with Gasteiger partial charge in [-0.1, -0.05) is 30.7 Å². The van der Waals surface area contributed by atoms with Crippen LogP contribution in [0.5, 0.6) is 0 Å². The van der Waals surface area contributed by atoms with Crippen LogP contribution < -0.4 is 4.90 Å². The van der Waals surface area contributed by atoms with Crippen molar-refractivity contribution in [3.05, 3.63) is 76.8 Å². The van der Waals surface area contributed by atoms with E-state index in [1.54, 1.807) is 36.4 Å². The number of Topliss-reactive ketones (excluding diaryl/α,β-unsaturated/α-hetero) is 1.